The van der Waals surface area contributed by atoms with Crippen molar-refractivity contribution in [1.29, 1.82) is 0 Å². The standard InChI is InChI=1S/C13H22N4O.ClH/c1-13(2,14)12-15-11(18-16-12)8-17-6-9-4-3-5-10(9)7-17;/h9-10H,3-8,14H2,1-2H3;1H. The number of fused-ring (bicyclic) bond motifs is 1. The highest BCUT2D eigenvalue weighted by Gasteiger charge is 2.36. The first-order valence-corrected chi connectivity index (χ1v) is 6.86. The number of likely N-dealkylation sites (tertiary alicyclic amines) is 1. The molecular formula is C13H23ClN4O. The number of hydrogen-bond donors (Lipinski definition) is 1. The molecule has 1 aromatic rings. The minimum absolute atomic E-state index is 0. The Morgan fingerprint density at radius 2 is 1.95 bits per heavy atom. The van der Waals surface area contributed by atoms with Crippen LogP contribution in [-0.2, 0) is 12.1 Å². The molecule has 0 radical (unpaired) electrons. The van der Waals surface area contributed by atoms with Crippen LogP contribution in [0.2, 0.25) is 0 Å². The van der Waals surface area contributed by atoms with Crippen molar-refractivity contribution in [3.8, 4) is 0 Å². The summed E-state index contributed by atoms with van der Waals surface area (Å²) in [6, 6.07) is 0. The second-order valence-electron chi connectivity index (χ2n) is 6.38. The molecule has 0 bridgehead atoms. The van der Waals surface area contributed by atoms with Crippen molar-refractivity contribution < 1.29 is 4.52 Å². The zero-order valence-electron chi connectivity index (χ0n) is 11.6. The molecule has 1 aromatic heterocycles. The summed E-state index contributed by atoms with van der Waals surface area (Å²) in [5.41, 5.74) is 5.43. The molecule has 0 aromatic carbocycles. The lowest BCUT2D eigenvalue weighted by molar-refractivity contribution is 0.251. The zero-order chi connectivity index (χ0) is 12.8. The van der Waals surface area contributed by atoms with Gasteiger partial charge in [-0.15, -0.1) is 12.4 Å². The van der Waals surface area contributed by atoms with Gasteiger partial charge in [-0.2, -0.15) is 4.98 Å². The van der Waals surface area contributed by atoms with E-state index in [1.807, 2.05) is 13.8 Å². The lowest BCUT2D eigenvalue weighted by Crippen LogP contribution is -2.30. The molecule has 0 amide bonds. The van der Waals surface area contributed by atoms with Crippen molar-refractivity contribution in [2.45, 2.75) is 45.2 Å². The Morgan fingerprint density at radius 3 is 2.47 bits per heavy atom. The van der Waals surface area contributed by atoms with E-state index in [0.29, 0.717) is 11.7 Å². The van der Waals surface area contributed by atoms with E-state index < -0.39 is 5.54 Å². The van der Waals surface area contributed by atoms with Crippen LogP contribution in [0.25, 0.3) is 0 Å². The summed E-state index contributed by atoms with van der Waals surface area (Å²) >= 11 is 0. The summed E-state index contributed by atoms with van der Waals surface area (Å²) in [5, 5.41) is 3.96. The van der Waals surface area contributed by atoms with Crippen LogP contribution in [0.15, 0.2) is 4.52 Å². The molecule has 2 aliphatic rings. The van der Waals surface area contributed by atoms with Crippen molar-refractivity contribution in [2.75, 3.05) is 13.1 Å². The van der Waals surface area contributed by atoms with Gasteiger partial charge in [0.1, 0.15) is 0 Å². The van der Waals surface area contributed by atoms with E-state index in [1.165, 1.54) is 32.4 Å². The van der Waals surface area contributed by atoms with Gasteiger partial charge in [-0.05, 0) is 38.5 Å². The molecule has 2 fully saturated rings. The van der Waals surface area contributed by atoms with Gasteiger partial charge in [0.2, 0.25) is 5.89 Å². The summed E-state index contributed by atoms with van der Waals surface area (Å²) in [5.74, 6) is 3.09. The van der Waals surface area contributed by atoms with E-state index in [-0.39, 0.29) is 12.4 Å². The maximum atomic E-state index is 5.95. The Kier molecular flexibility index (Phi) is 4.18. The second kappa shape index (κ2) is 5.38. The quantitative estimate of drug-likeness (QED) is 0.919. The topological polar surface area (TPSA) is 68.2 Å². The van der Waals surface area contributed by atoms with Crippen molar-refractivity contribution in [3.05, 3.63) is 11.7 Å². The molecule has 19 heavy (non-hydrogen) atoms. The maximum absolute atomic E-state index is 5.95. The Labute approximate surface area is 120 Å². The Balaban J connectivity index is 0.00000133. The highest BCUT2D eigenvalue weighted by atomic mass is 35.5. The monoisotopic (exact) mass is 286 g/mol. The van der Waals surface area contributed by atoms with Crippen LogP contribution in [0, 0.1) is 11.8 Å². The lowest BCUT2D eigenvalue weighted by atomic mass is 10.0. The predicted molar refractivity (Wildman–Crippen MR) is 74.9 cm³/mol. The first-order chi connectivity index (χ1) is 8.52. The smallest absolute Gasteiger partial charge is 0.240 e. The Bertz CT molecular complexity index is 417. The molecule has 1 aliphatic heterocycles. The van der Waals surface area contributed by atoms with Gasteiger partial charge < -0.3 is 10.3 Å². The Hall–Kier alpha value is -0.650. The molecule has 2 heterocycles. The van der Waals surface area contributed by atoms with Gasteiger partial charge in [0.15, 0.2) is 5.82 Å². The third kappa shape index (κ3) is 3.09. The summed E-state index contributed by atoms with van der Waals surface area (Å²) in [4.78, 5) is 6.83. The first-order valence-electron chi connectivity index (χ1n) is 6.86. The van der Waals surface area contributed by atoms with Crippen LogP contribution in [0.1, 0.15) is 44.8 Å². The fourth-order valence-corrected chi connectivity index (χ4v) is 3.23. The Morgan fingerprint density at radius 1 is 1.32 bits per heavy atom. The molecule has 1 saturated carbocycles. The molecule has 5 nitrogen and oxygen atoms in total. The molecule has 2 atom stereocenters. The number of nitrogens with zero attached hydrogens (tertiary/aromatic N) is 3. The van der Waals surface area contributed by atoms with Gasteiger partial charge >= 0.3 is 0 Å². The van der Waals surface area contributed by atoms with Crippen molar-refractivity contribution in [1.82, 2.24) is 15.0 Å². The fraction of sp³-hybridized carbons (Fsp3) is 0.846. The average Bonchev–Trinajstić information content (AvgIpc) is 2.90. The normalized spacial score (nSPS) is 27.3. The van der Waals surface area contributed by atoms with E-state index in [4.69, 9.17) is 10.3 Å². The van der Waals surface area contributed by atoms with Crippen LogP contribution < -0.4 is 5.73 Å². The van der Waals surface area contributed by atoms with Gasteiger partial charge in [0.05, 0.1) is 12.1 Å². The van der Waals surface area contributed by atoms with E-state index >= 15 is 0 Å². The van der Waals surface area contributed by atoms with E-state index in [1.54, 1.807) is 0 Å². The molecular weight excluding hydrogens is 264 g/mol. The summed E-state index contributed by atoms with van der Waals surface area (Å²) < 4.78 is 5.29. The third-order valence-electron chi connectivity index (χ3n) is 4.21. The molecule has 6 heteroatoms. The van der Waals surface area contributed by atoms with Crippen LogP contribution in [0.4, 0.5) is 0 Å². The van der Waals surface area contributed by atoms with Gasteiger partial charge in [0, 0.05) is 13.1 Å². The summed E-state index contributed by atoms with van der Waals surface area (Å²) in [6.07, 6.45) is 4.20. The third-order valence-corrected chi connectivity index (χ3v) is 4.21. The molecule has 108 valence electrons. The van der Waals surface area contributed by atoms with Gasteiger partial charge in [-0.3, -0.25) is 4.90 Å². The van der Waals surface area contributed by atoms with Crippen molar-refractivity contribution in [2.24, 2.45) is 17.6 Å². The zero-order valence-corrected chi connectivity index (χ0v) is 12.4. The molecule has 0 spiro atoms. The number of rotatable bonds is 3. The van der Waals surface area contributed by atoms with Crippen LogP contribution >= 0.6 is 12.4 Å². The minimum atomic E-state index is -0.525. The fourth-order valence-electron chi connectivity index (χ4n) is 3.23. The first kappa shape index (κ1) is 14.8. The van der Waals surface area contributed by atoms with E-state index in [0.717, 1.165) is 18.4 Å². The van der Waals surface area contributed by atoms with Crippen LogP contribution in [-0.4, -0.2) is 28.1 Å². The summed E-state index contributed by atoms with van der Waals surface area (Å²) in [6.45, 7) is 6.93. The molecule has 2 N–H and O–H groups in total. The largest absolute Gasteiger partial charge is 0.338 e. The molecule has 3 rings (SSSR count). The maximum Gasteiger partial charge on any atom is 0.240 e. The second-order valence-corrected chi connectivity index (χ2v) is 6.38. The van der Waals surface area contributed by atoms with Gasteiger partial charge in [-0.1, -0.05) is 11.6 Å². The minimum Gasteiger partial charge on any atom is -0.338 e. The van der Waals surface area contributed by atoms with E-state index in [9.17, 15) is 0 Å². The van der Waals surface area contributed by atoms with Gasteiger partial charge in [-0.25, -0.2) is 0 Å². The number of hydrogen-bond acceptors (Lipinski definition) is 5. The van der Waals surface area contributed by atoms with Gasteiger partial charge in [0.25, 0.3) is 0 Å². The lowest BCUT2D eigenvalue weighted by Gasteiger charge is -2.14. The SMILES string of the molecule is CC(C)(N)c1noc(CN2CC3CCCC3C2)n1.Cl. The highest BCUT2D eigenvalue weighted by Crippen LogP contribution is 2.38. The summed E-state index contributed by atoms with van der Waals surface area (Å²) in [7, 11) is 0. The highest BCUT2D eigenvalue weighted by molar-refractivity contribution is 5.85. The van der Waals surface area contributed by atoms with E-state index in [2.05, 4.69) is 15.0 Å². The predicted octanol–water partition coefficient (Wildman–Crippen LogP) is 1.92. The average molecular weight is 287 g/mol. The van der Waals surface area contributed by atoms with Crippen molar-refractivity contribution >= 4 is 12.4 Å². The number of nitrogens with two attached hydrogens (primary N) is 1. The molecule has 1 aliphatic carbocycles. The van der Waals surface area contributed by atoms with Crippen LogP contribution in [0.3, 0.4) is 0 Å². The number of halogens is 1. The number of aromatic nitrogens is 2. The molecule has 2 unspecified atom stereocenters. The van der Waals surface area contributed by atoms with Crippen molar-refractivity contribution in [3.63, 3.8) is 0 Å². The van der Waals surface area contributed by atoms with Crippen LogP contribution in [0.5, 0.6) is 0 Å². The molecule has 1 saturated heterocycles.